The topological polar surface area (TPSA) is 26.3 Å². The van der Waals surface area contributed by atoms with Crippen molar-refractivity contribution in [1.82, 2.24) is 0 Å². The van der Waals surface area contributed by atoms with E-state index in [0.717, 1.165) is 0 Å². The van der Waals surface area contributed by atoms with Crippen molar-refractivity contribution in [2.75, 3.05) is 7.11 Å². The van der Waals surface area contributed by atoms with Crippen molar-refractivity contribution >= 4 is 5.97 Å². The second-order valence-electron chi connectivity index (χ2n) is 5.24. The Morgan fingerprint density at radius 3 is 2.41 bits per heavy atom. The van der Waals surface area contributed by atoms with Crippen LogP contribution in [-0.4, -0.2) is 13.1 Å². The van der Waals surface area contributed by atoms with Crippen LogP contribution in [0.4, 0.5) is 0 Å². The summed E-state index contributed by atoms with van der Waals surface area (Å²) in [6.07, 6.45) is 3.62. The van der Waals surface area contributed by atoms with Crippen LogP contribution in [0.2, 0.25) is 0 Å². The zero-order chi connectivity index (χ0) is 11.8. The second-order valence-corrected chi connectivity index (χ2v) is 5.24. The number of carbonyl (C=O) groups is 1. The molecule has 2 nitrogen and oxygen atoms in total. The summed E-state index contributed by atoms with van der Waals surface area (Å²) in [6, 6.07) is 10.6. The standard InChI is InChI=1S/C15H18O2/c1-17-15(16)14-11-8-5-9-12(14)13(11)10-6-3-2-4-7-10/h2-4,6-7,11-14H,5,8-9H2,1H3/t11-,12+,13?,14?. The van der Waals surface area contributed by atoms with E-state index in [-0.39, 0.29) is 11.9 Å². The summed E-state index contributed by atoms with van der Waals surface area (Å²) in [6.45, 7) is 0. The number of esters is 1. The maximum Gasteiger partial charge on any atom is 0.309 e. The molecule has 4 atom stereocenters. The first-order valence-electron chi connectivity index (χ1n) is 6.45. The minimum atomic E-state index is 0.00637. The highest BCUT2D eigenvalue weighted by Gasteiger charge is 2.56. The van der Waals surface area contributed by atoms with Gasteiger partial charge in [0.25, 0.3) is 0 Å². The molecule has 0 amide bonds. The summed E-state index contributed by atoms with van der Waals surface area (Å²) in [5, 5.41) is 0. The lowest BCUT2D eigenvalue weighted by molar-refractivity contribution is -0.162. The van der Waals surface area contributed by atoms with Gasteiger partial charge in [0.1, 0.15) is 0 Å². The van der Waals surface area contributed by atoms with Gasteiger partial charge in [-0.1, -0.05) is 36.8 Å². The summed E-state index contributed by atoms with van der Waals surface area (Å²) in [7, 11) is 1.51. The van der Waals surface area contributed by atoms with Gasteiger partial charge in [0.2, 0.25) is 0 Å². The molecule has 0 heterocycles. The van der Waals surface area contributed by atoms with E-state index in [4.69, 9.17) is 4.74 Å². The Labute approximate surface area is 102 Å². The van der Waals surface area contributed by atoms with Crippen LogP contribution in [0.15, 0.2) is 30.3 Å². The molecule has 90 valence electrons. The Balaban J connectivity index is 1.84. The van der Waals surface area contributed by atoms with E-state index in [1.807, 2.05) is 0 Å². The van der Waals surface area contributed by atoms with Crippen molar-refractivity contribution in [2.24, 2.45) is 17.8 Å². The molecule has 0 aliphatic heterocycles. The number of hydrogen-bond donors (Lipinski definition) is 0. The second kappa shape index (κ2) is 4.17. The minimum Gasteiger partial charge on any atom is -0.469 e. The summed E-state index contributed by atoms with van der Waals surface area (Å²) in [5.74, 6) is 1.80. The molecule has 0 saturated heterocycles. The van der Waals surface area contributed by atoms with Gasteiger partial charge in [-0.15, -0.1) is 0 Å². The van der Waals surface area contributed by atoms with Crippen LogP contribution < -0.4 is 0 Å². The highest BCUT2D eigenvalue weighted by atomic mass is 16.5. The maximum atomic E-state index is 11.8. The molecule has 0 aromatic heterocycles. The van der Waals surface area contributed by atoms with Crippen molar-refractivity contribution in [2.45, 2.75) is 25.2 Å². The van der Waals surface area contributed by atoms with Crippen LogP contribution in [-0.2, 0) is 9.53 Å². The van der Waals surface area contributed by atoms with Gasteiger partial charge in [-0.05, 0) is 36.2 Å². The van der Waals surface area contributed by atoms with Crippen LogP contribution in [0, 0.1) is 17.8 Å². The number of benzene rings is 1. The predicted octanol–water partition coefficient (Wildman–Crippen LogP) is 2.99. The van der Waals surface area contributed by atoms with E-state index in [1.54, 1.807) is 0 Å². The summed E-state index contributed by atoms with van der Waals surface area (Å²) in [5.41, 5.74) is 1.40. The number of hydrogen-bond acceptors (Lipinski definition) is 2. The Kier molecular flexibility index (Phi) is 2.65. The number of fused-ring (bicyclic) bond motifs is 2. The van der Waals surface area contributed by atoms with Gasteiger partial charge in [0.15, 0.2) is 0 Å². The molecule has 2 bridgehead atoms. The van der Waals surface area contributed by atoms with Crippen molar-refractivity contribution in [3.8, 4) is 0 Å². The molecule has 3 rings (SSSR count). The summed E-state index contributed by atoms with van der Waals surface area (Å²) < 4.78 is 4.94. The monoisotopic (exact) mass is 230 g/mol. The average Bonchev–Trinajstić information content (AvgIpc) is 2.40. The fraction of sp³-hybridized carbons (Fsp3) is 0.533. The highest BCUT2D eigenvalue weighted by molar-refractivity contribution is 5.75. The van der Waals surface area contributed by atoms with Crippen LogP contribution in [0.25, 0.3) is 0 Å². The summed E-state index contributed by atoms with van der Waals surface area (Å²) in [4.78, 5) is 11.8. The number of ether oxygens (including phenoxy) is 1. The lowest BCUT2D eigenvalue weighted by atomic mass is 9.48. The lowest BCUT2D eigenvalue weighted by Crippen LogP contribution is -2.52. The van der Waals surface area contributed by atoms with E-state index in [9.17, 15) is 4.79 Å². The molecule has 1 aromatic rings. The first-order chi connectivity index (χ1) is 8.33. The van der Waals surface area contributed by atoms with Gasteiger partial charge >= 0.3 is 5.97 Å². The number of carbonyl (C=O) groups excluding carboxylic acids is 1. The quantitative estimate of drug-likeness (QED) is 0.730. The maximum absolute atomic E-state index is 11.8. The molecular weight excluding hydrogens is 212 g/mol. The molecule has 2 aliphatic carbocycles. The van der Waals surface area contributed by atoms with Crippen LogP contribution in [0.1, 0.15) is 30.7 Å². The van der Waals surface area contributed by atoms with Gasteiger partial charge in [-0.3, -0.25) is 4.79 Å². The largest absolute Gasteiger partial charge is 0.469 e. The van der Waals surface area contributed by atoms with E-state index in [0.29, 0.717) is 17.8 Å². The Bertz CT molecular complexity index is 400. The highest BCUT2D eigenvalue weighted by Crippen LogP contribution is 2.60. The normalized spacial score (nSPS) is 34.9. The van der Waals surface area contributed by atoms with Crippen molar-refractivity contribution in [3.63, 3.8) is 0 Å². The third kappa shape index (κ3) is 1.58. The Morgan fingerprint density at radius 1 is 1.18 bits per heavy atom. The van der Waals surface area contributed by atoms with Crippen LogP contribution >= 0.6 is 0 Å². The van der Waals surface area contributed by atoms with Gasteiger partial charge in [-0.25, -0.2) is 0 Å². The van der Waals surface area contributed by atoms with Crippen molar-refractivity contribution in [3.05, 3.63) is 35.9 Å². The number of rotatable bonds is 2. The molecule has 2 fully saturated rings. The molecule has 2 aliphatic rings. The number of methoxy groups -OCH3 is 1. The predicted molar refractivity (Wildman–Crippen MR) is 65.5 cm³/mol. The third-order valence-corrected chi connectivity index (χ3v) is 4.58. The first kappa shape index (κ1) is 10.8. The molecule has 1 aromatic carbocycles. The van der Waals surface area contributed by atoms with Crippen molar-refractivity contribution in [1.29, 1.82) is 0 Å². The molecular formula is C15H18O2. The smallest absolute Gasteiger partial charge is 0.309 e. The van der Waals surface area contributed by atoms with Crippen LogP contribution in [0.5, 0.6) is 0 Å². The lowest BCUT2D eigenvalue weighted by Gasteiger charge is -2.55. The zero-order valence-corrected chi connectivity index (χ0v) is 10.1. The van der Waals surface area contributed by atoms with E-state index in [1.165, 1.54) is 31.9 Å². The fourth-order valence-corrected chi connectivity index (χ4v) is 3.90. The Morgan fingerprint density at radius 2 is 1.82 bits per heavy atom. The van der Waals surface area contributed by atoms with Crippen molar-refractivity contribution < 1.29 is 9.53 Å². The van der Waals surface area contributed by atoms with Gasteiger partial charge in [0, 0.05) is 0 Å². The molecule has 2 heteroatoms. The van der Waals surface area contributed by atoms with Gasteiger partial charge in [-0.2, -0.15) is 0 Å². The van der Waals surface area contributed by atoms with Crippen LogP contribution in [0.3, 0.4) is 0 Å². The molecule has 0 N–H and O–H groups in total. The van der Waals surface area contributed by atoms with Gasteiger partial charge < -0.3 is 4.74 Å². The molecule has 17 heavy (non-hydrogen) atoms. The van der Waals surface area contributed by atoms with E-state index >= 15 is 0 Å². The Hall–Kier alpha value is -1.31. The minimum absolute atomic E-state index is 0.00637. The average molecular weight is 230 g/mol. The SMILES string of the molecule is COC(=O)C1[C@H]2CCC[C@@H]1C2c1ccccc1. The third-order valence-electron chi connectivity index (χ3n) is 4.58. The molecule has 0 spiro atoms. The van der Waals surface area contributed by atoms with E-state index < -0.39 is 0 Å². The molecule has 2 saturated carbocycles. The molecule has 2 unspecified atom stereocenters. The van der Waals surface area contributed by atoms with Gasteiger partial charge in [0.05, 0.1) is 13.0 Å². The van der Waals surface area contributed by atoms with E-state index in [2.05, 4.69) is 30.3 Å². The fourth-order valence-electron chi connectivity index (χ4n) is 3.90. The summed E-state index contributed by atoms with van der Waals surface area (Å²) >= 11 is 0. The first-order valence-corrected chi connectivity index (χ1v) is 6.45. The molecule has 0 radical (unpaired) electrons. The zero-order valence-electron chi connectivity index (χ0n) is 10.1.